The molecule has 0 fully saturated rings. The van der Waals surface area contributed by atoms with Crippen LogP contribution in [0.3, 0.4) is 0 Å². The Bertz CT molecular complexity index is 665. The van der Waals surface area contributed by atoms with Crippen LogP contribution in [0.4, 0.5) is 0 Å². The topological polar surface area (TPSA) is 35.5 Å². The molecule has 0 aliphatic heterocycles. The number of carbonyl (C=O) groups is 1. The summed E-state index contributed by atoms with van der Waals surface area (Å²) >= 11 is 6.00. The summed E-state index contributed by atoms with van der Waals surface area (Å²) in [6, 6.07) is 10.8. The summed E-state index contributed by atoms with van der Waals surface area (Å²) in [6.07, 6.45) is 0.212. The van der Waals surface area contributed by atoms with Gasteiger partial charge in [0.2, 0.25) is 0 Å². The zero-order valence-electron chi connectivity index (χ0n) is 12.3. The van der Waals surface area contributed by atoms with Crippen molar-refractivity contribution >= 4 is 17.4 Å². The molecule has 2 rings (SSSR count). The van der Waals surface area contributed by atoms with Crippen molar-refractivity contribution in [3.8, 4) is 11.5 Å². The number of carbonyl (C=O) groups excluding carboxylic acids is 1. The normalized spacial score (nSPS) is 10.3. The van der Waals surface area contributed by atoms with Crippen LogP contribution in [0.2, 0.25) is 5.02 Å². The molecule has 2 aromatic rings. The van der Waals surface area contributed by atoms with Gasteiger partial charge >= 0.3 is 0 Å². The van der Waals surface area contributed by atoms with E-state index in [1.54, 1.807) is 38.5 Å². The van der Waals surface area contributed by atoms with Crippen molar-refractivity contribution < 1.29 is 14.3 Å². The molecule has 2 aromatic carbocycles. The zero-order valence-corrected chi connectivity index (χ0v) is 13.0. The lowest BCUT2D eigenvalue weighted by atomic mass is 10.00. The van der Waals surface area contributed by atoms with Gasteiger partial charge in [-0.2, -0.15) is 0 Å². The molecule has 0 atom stereocenters. The van der Waals surface area contributed by atoms with Gasteiger partial charge < -0.3 is 9.47 Å². The van der Waals surface area contributed by atoms with E-state index in [1.807, 2.05) is 19.1 Å². The van der Waals surface area contributed by atoms with Crippen LogP contribution < -0.4 is 9.47 Å². The third-order valence-corrected chi connectivity index (χ3v) is 3.48. The molecule has 110 valence electrons. The number of hydrogen-bond acceptors (Lipinski definition) is 3. The molecule has 0 N–H and O–H groups in total. The third-order valence-electron chi connectivity index (χ3n) is 3.25. The fourth-order valence-corrected chi connectivity index (χ4v) is 2.39. The van der Waals surface area contributed by atoms with Gasteiger partial charge in [-0.3, -0.25) is 4.79 Å². The number of benzene rings is 2. The number of Topliss-reactive ketones (excluding diaryl/α,β-unsaturated/α-hetero) is 1. The molecular weight excluding hydrogens is 288 g/mol. The first-order chi connectivity index (χ1) is 10.0. The summed E-state index contributed by atoms with van der Waals surface area (Å²) in [5, 5.41) is 0.579. The Morgan fingerprint density at radius 2 is 1.71 bits per heavy atom. The van der Waals surface area contributed by atoms with Crippen LogP contribution >= 0.6 is 11.6 Å². The molecule has 0 saturated carbocycles. The van der Waals surface area contributed by atoms with E-state index in [4.69, 9.17) is 21.1 Å². The molecule has 0 amide bonds. The quantitative estimate of drug-likeness (QED) is 0.780. The summed E-state index contributed by atoms with van der Waals surface area (Å²) < 4.78 is 10.5. The van der Waals surface area contributed by atoms with Crippen LogP contribution in [-0.4, -0.2) is 20.0 Å². The van der Waals surface area contributed by atoms with E-state index in [0.717, 1.165) is 11.1 Å². The van der Waals surface area contributed by atoms with Crippen molar-refractivity contribution in [2.45, 2.75) is 13.3 Å². The first-order valence-corrected chi connectivity index (χ1v) is 6.93. The van der Waals surface area contributed by atoms with Crippen molar-refractivity contribution in [1.29, 1.82) is 0 Å². The van der Waals surface area contributed by atoms with Gasteiger partial charge in [-0.15, -0.1) is 0 Å². The minimum absolute atomic E-state index is 0.0314. The second kappa shape index (κ2) is 6.64. The monoisotopic (exact) mass is 304 g/mol. The van der Waals surface area contributed by atoms with Gasteiger partial charge in [0.1, 0.15) is 11.5 Å². The molecule has 0 saturated heterocycles. The lowest BCUT2D eigenvalue weighted by Gasteiger charge is -2.11. The number of hydrogen-bond donors (Lipinski definition) is 0. The van der Waals surface area contributed by atoms with Crippen molar-refractivity contribution in [3.05, 3.63) is 58.1 Å². The molecule has 3 nitrogen and oxygen atoms in total. The van der Waals surface area contributed by atoms with Crippen LogP contribution in [0.25, 0.3) is 0 Å². The van der Waals surface area contributed by atoms with E-state index < -0.39 is 0 Å². The zero-order chi connectivity index (χ0) is 15.4. The highest BCUT2D eigenvalue weighted by molar-refractivity contribution is 6.30. The van der Waals surface area contributed by atoms with Gasteiger partial charge in [0.15, 0.2) is 5.78 Å². The Morgan fingerprint density at radius 3 is 2.38 bits per heavy atom. The average Bonchev–Trinajstić information content (AvgIpc) is 2.47. The van der Waals surface area contributed by atoms with E-state index in [0.29, 0.717) is 22.1 Å². The fourth-order valence-electron chi connectivity index (χ4n) is 2.19. The Labute approximate surface area is 129 Å². The van der Waals surface area contributed by atoms with Gasteiger partial charge in [0, 0.05) is 17.0 Å². The largest absolute Gasteiger partial charge is 0.496 e. The van der Waals surface area contributed by atoms with Gasteiger partial charge in [0.25, 0.3) is 0 Å². The summed E-state index contributed by atoms with van der Waals surface area (Å²) in [5.74, 6) is 1.20. The van der Waals surface area contributed by atoms with Crippen molar-refractivity contribution in [3.63, 3.8) is 0 Å². The molecular formula is C17H17ClO3. The Hall–Kier alpha value is -2.00. The molecule has 0 bridgehead atoms. The summed E-state index contributed by atoms with van der Waals surface area (Å²) in [7, 11) is 3.13. The Balaban J connectivity index is 2.34. The van der Waals surface area contributed by atoms with Gasteiger partial charge in [-0.05, 0) is 37.3 Å². The summed E-state index contributed by atoms with van der Waals surface area (Å²) in [4.78, 5) is 12.5. The second-order valence-corrected chi connectivity index (χ2v) is 5.20. The molecule has 0 unspecified atom stereocenters. The molecule has 21 heavy (non-hydrogen) atoms. The Morgan fingerprint density at radius 1 is 1.05 bits per heavy atom. The van der Waals surface area contributed by atoms with E-state index in [9.17, 15) is 4.79 Å². The highest BCUT2D eigenvalue weighted by atomic mass is 35.5. The predicted molar refractivity (Wildman–Crippen MR) is 83.8 cm³/mol. The van der Waals surface area contributed by atoms with E-state index >= 15 is 0 Å². The molecule has 0 aliphatic carbocycles. The number of ether oxygens (including phenoxy) is 2. The average molecular weight is 305 g/mol. The van der Waals surface area contributed by atoms with Gasteiger partial charge in [-0.1, -0.05) is 23.2 Å². The summed E-state index contributed by atoms with van der Waals surface area (Å²) in [5.41, 5.74) is 2.34. The molecule has 0 spiro atoms. The van der Waals surface area contributed by atoms with E-state index in [2.05, 4.69) is 0 Å². The van der Waals surface area contributed by atoms with Crippen LogP contribution in [-0.2, 0) is 6.42 Å². The van der Waals surface area contributed by atoms with Crippen LogP contribution in [0.5, 0.6) is 11.5 Å². The van der Waals surface area contributed by atoms with Crippen LogP contribution in [0.15, 0.2) is 36.4 Å². The lowest BCUT2D eigenvalue weighted by molar-refractivity contribution is 0.0989. The molecule has 0 aromatic heterocycles. The predicted octanol–water partition coefficient (Wildman–Crippen LogP) is 4.09. The Kier molecular flexibility index (Phi) is 4.86. The molecule has 0 radical (unpaired) electrons. The van der Waals surface area contributed by atoms with Crippen molar-refractivity contribution in [2.24, 2.45) is 0 Å². The van der Waals surface area contributed by atoms with Crippen LogP contribution in [0.1, 0.15) is 21.5 Å². The lowest BCUT2D eigenvalue weighted by Crippen LogP contribution is -2.07. The van der Waals surface area contributed by atoms with Gasteiger partial charge in [0.05, 0.1) is 19.8 Å². The van der Waals surface area contributed by atoms with Gasteiger partial charge in [-0.25, -0.2) is 0 Å². The maximum Gasteiger partial charge on any atom is 0.171 e. The number of halogens is 1. The van der Waals surface area contributed by atoms with Crippen LogP contribution in [0, 0.1) is 6.92 Å². The number of rotatable bonds is 5. The van der Waals surface area contributed by atoms with E-state index in [-0.39, 0.29) is 12.2 Å². The summed E-state index contributed by atoms with van der Waals surface area (Å²) in [6.45, 7) is 1.94. The first-order valence-electron chi connectivity index (χ1n) is 6.55. The minimum Gasteiger partial charge on any atom is -0.496 e. The number of methoxy groups -OCH3 is 2. The maximum absolute atomic E-state index is 12.5. The standard InChI is InChI=1S/C17H17ClO3/c1-11-4-6-17(21-3)14(8-11)15(19)10-12-9-13(18)5-7-16(12)20-2/h4-9H,10H2,1-3H3. The molecule has 0 heterocycles. The van der Waals surface area contributed by atoms with E-state index in [1.165, 1.54) is 0 Å². The number of aryl methyl sites for hydroxylation is 1. The fraction of sp³-hybridized carbons (Fsp3) is 0.235. The van der Waals surface area contributed by atoms with Crippen molar-refractivity contribution in [1.82, 2.24) is 0 Å². The third kappa shape index (κ3) is 3.56. The molecule has 0 aliphatic rings. The minimum atomic E-state index is -0.0314. The SMILES string of the molecule is COc1ccc(Cl)cc1CC(=O)c1cc(C)ccc1OC. The van der Waals surface area contributed by atoms with Crippen molar-refractivity contribution in [2.75, 3.05) is 14.2 Å². The maximum atomic E-state index is 12.5. The molecule has 4 heteroatoms. The highest BCUT2D eigenvalue weighted by Crippen LogP contribution is 2.26. The second-order valence-electron chi connectivity index (χ2n) is 4.76. The first kappa shape index (κ1) is 15.4. The smallest absolute Gasteiger partial charge is 0.171 e. The highest BCUT2D eigenvalue weighted by Gasteiger charge is 2.15. The number of ketones is 1.